The van der Waals surface area contributed by atoms with E-state index in [4.69, 9.17) is 4.74 Å². The minimum absolute atomic E-state index is 0.217. The van der Waals surface area contributed by atoms with Crippen molar-refractivity contribution in [1.29, 1.82) is 0 Å². The Morgan fingerprint density at radius 2 is 2.29 bits per heavy atom. The number of carbonyl (C=O) groups excluding carboxylic acids is 1. The fourth-order valence-electron chi connectivity index (χ4n) is 3.52. The molecule has 1 N–H and O–H groups in total. The van der Waals surface area contributed by atoms with Crippen LogP contribution in [-0.2, 0) is 4.79 Å². The molecule has 2 unspecified atom stereocenters. The zero-order valence-corrected chi connectivity index (χ0v) is 12.7. The largest absolute Gasteiger partial charge is 0.497 e. The van der Waals surface area contributed by atoms with Crippen molar-refractivity contribution >= 4 is 5.91 Å². The van der Waals surface area contributed by atoms with Crippen LogP contribution < -0.4 is 10.1 Å². The molecule has 2 atom stereocenters. The molecule has 4 heteroatoms. The van der Waals surface area contributed by atoms with Crippen molar-refractivity contribution in [3.8, 4) is 5.75 Å². The Morgan fingerprint density at radius 3 is 3.05 bits per heavy atom. The number of nitrogens with one attached hydrogen (secondary N) is 1. The van der Waals surface area contributed by atoms with E-state index >= 15 is 0 Å². The number of benzene rings is 1. The van der Waals surface area contributed by atoms with Crippen LogP contribution in [-0.4, -0.2) is 37.0 Å². The highest BCUT2D eigenvalue weighted by molar-refractivity contribution is 5.77. The summed E-state index contributed by atoms with van der Waals surface area (Å²) in [4.78, 5) is 14.7. The molecule has 0 saturated carbocycles. The number of hydrogen-bond donors (Lipinski definition) is 1. The van der Waals surface area contributed by atoms with Gasteiger partial charge in [-0.15, -0.1) is 0 Å². The monoisotopic (exact) mass is 288 g/mol. The molecular weight excluding hydrogens is 264 g/mol. The summed E-state index contributed by atoms with van der Waals surface area (Å²) in [5.41, 5.74) is 1.19. The summed E-state index contributed by atoms with van der Waals surface area (Å²) in [6, 6.07) is 8.72. The van der Waals surface area contributed by atoms with Crippen molar-refractivity contribution in [2.75, 3.05) is 20.2 Å². The number of rotatable bonds is 4. The van der Waals surface area contributed by atoms with Gasteiger partial charge in [0.05, 0.1) is 13.2 Å². The molecule has 0 aromatic heterocycles. The standard InChI is InChI=1S/C17H24N2O2/c1-21-15-7-2-5-13(11-15)16-8-4-10-19(16)17(20)12-14-6-3-9-18-14/h2,5,7,11,14,16,18H,3-4,6,8-10,12H2,1H3. The third kappa shape index (κ3) is 3.21. The number of hydrogen-bond acceptors (Lipinski definition) is 3. The summed E-state index contributed by atoms with van der Waals surface area (Å²) in [5.74, 6) is 1.16. The Balaban J connectivity index is 1.70. The van der Waals surface area contributed by atoms with Crippen molar-refractivity contribution in [2.45, 2.75) is 44.2 Å². The molecule has 3 rings (SSSR count). The number of methoxy groups -OCH3 is 1. The summed E-state index contributed by atoms with van der Waals surface area (Å²) < 4.78 is 5.30. The normalized spacial score (nSPS) is 25.3. The van der Waals surface area contributed by atoms with Gasteiger partial charge in [-0.3, -0.25) is 4.79 Å². The molecule has 2 aliphatic rings. The summed E-state index contributed by atoms with van der Waals surface area (Å²) in [6.07, 6.45) is 5.10. The lowest BCUT2D eigenvalue weighted by molar-refractivity contribution is -0.132. The molecule has 0 radical (unpaired) electrons. The first kappa shape index (κ1) is 14.4. The zero-order chi connectivity index (χ0) is 14.7. The van der Waals surface area contributed by atoms with Gasteiger partial charge in [-0.1, -0.05) is 12.1 Å². The first-order valence-corrected chi connectivity index (χ1v) is 7.95. The molecule has 2 saturated heterocycles. The molecule has 1 amide bonds. The fourth-order valence-corrected chi connectivity index (χ4v) is 3.52. The van der Waals surface area contributed by atoms with Crippen molar-refractivity contribution in [1.82, 2.24) is 10.2 Å². The van der Waals surface area contributed by atoms with E-state index in [0.717, 1.165) is 38.1 Å². The average Bonchev–Trinajstić information content (AvgIpc) is 3.18. The quantitative estimate of drug-likeness (QED) is 0.925. The number of nitrogens with zero attached hydrogens (tertiary/aromatic N) is 1. The molecule has 2 aliphatic heterocycles. The van der Waals surface area contributed by atoms with Gasteiger partial charge < -0.3 is 15.0 Å². The Morgan fingerprint density at radius 1 is 1.38 bits per heavy atom. The smallest absolute Gasteiger partial charge is 0.224 e. The molecular formula is C17H24N2O2. The van der Waals surface area contributed by atoms with Crippen molar-refractivity contribution in [2.24, 2.45) is 0 Å². The molecule has 0 spiro atoms. The zero-order valence-electron chi connectivity index (χ0n) is 12.7. The van der Waals surface area contributed by atoms with Gasteiger partial charge in [0.15, 0.2) is 0 Å². The van der Waals surface area contributed by atoms with Crippen LogP contribution in [0.1, 0.15) is 43.7 Å². The van der Waals surface area contributed by atoms with Gasteiger partial charge in [-0.25, -0.2) is 0 Å². The number of likely N-dealkylation sites (tertiary alicyclic amines) is 1. The van der Waals surface area contributed by atoms with Gasteiger partial charge in [0.25, 0.3) is 0 Å². The number of ether oxygens (including phenoxy) is 1. The summed E-state index contributed by atoms with van der Waals surface area (Å²) in [5, 5.41) is 3.42. The maximum absolute atomic E-state index is 12.6. The van der Waals surface area contributed by atoms with Gasteiger partial charge in [0, 0.05) is 19.0 Å². The van der Waals surface area contributed by atoms with Crippen LogP contribution in [0.3, 0.4) is 0 Å². The molecule has 1 aromatic rings. The van der Waals surface area contributed by atoms with Crippen molar-refractivity contribution in [3.63, 3.8) is 0 Å². The van der Waals surface area contributed by atoms with Crippen LogP contribution >= 0.6 is 0 Å². The summed E-state index contributed by atoms with van der Waals surface area (Å²) in [7, 11) is 1.68. The highest BCUT2D eigenvalue weighted by Gasteiger charge is 2.31. The Hall–Kier alpha value is -1.55. The predicted octanol–water partition coefficient (Wildman–Crippen LogP) is 2.50. The maximum Gasteiger partial charge on any atom is 0.224 e. The van der Waals surface area contributed by atoms with E-state index in [-0.39, 0.29) is 6.04 Å². The third-order valence-electron chi connectivity index (χ3n) is 4.64. The van der Waals surface area contributed by atoms with E-state index < -0.39 is 0 Å². The minimum Gasteiger partial charge on any atom is -0.497 e. The van der Waals surface area contributed by atoms with Crippen molar-refractivity contribution in [3.05, 3.63) is 29.8 Å². The first-order valence-electron chi connectivity index (χ1n) is 7.95. The van der Waals surface area contributed by atoms with Crippen LogP contribution in [0, 0.1) is 0 Å². The fraction of sp³-hybridized carbons (Fsp3) is 0.588. The van der Waals surface area contributed by atoms with E-state index in [0.29, 0.717) is 18.4 Å². The van der Waals surface area contributed by atoms with Gasteiger partial charge in [-0.2, -0.15) is 0 Å². The Kier molecular flexibility index (Phi) is 4.44. The first-order chi connectivity index (χ1) is 10.3. The van der Waals surface area contributed by atoms with E-state index in [1.807, 2.05) is 12.1 Å². The summed E-state index contributed by atoms with van der Waals surface area (Å²) >= 11 is 0. The summed E-state index contributed by atoms with van der Waals surface area (Å²) in [6.45, 7) is 1.94. The lowest BCUT2D eigenvalue weighted by atomic mass is 10.0. The van der Waals surface area contributed by atoms with Gasteiger partial charge in [0.2, 0.25) is 5.91 Å². The number of amides is 1. The SMILES string of the molecule is COc1cccc(C2CCCN2C(=O)CC2CCCN2)c1. The van der Waals surface area contributed by atoms with Gasteiger partial charge in [-0.05, 0) is 49.9 Å². The number of carbonyl (C=O) groups is 1. The minimum atomic E-state index is 0.217. The van der Waals surface area contributed by atoms with Crippen molar-refractivity contribution < 1.29 is 9.53 Å². The Labute approximate surface area is 126 Å². The van der Waals surface area contributed by atoms with Crippen LogP contribution in [0.15, 0.2) is 24.3 Å². The molecule has 2 fully saturated rings. The van der Waals surface area contributed by atoms with Gasteiger partial charge in [0.1, 0.15) is 5.75 Å². The second-order valence-electron chi connectivity index (χ2n) is 6.02. The third-order valence-corrected chi connectivity index (χ3v) is 4.64. The lowest BCUT2D eigenvalue weighted by Crippen LogP contribution is -2.35. The maximum atomic E-state index is 12.6. The van der Waals surface area contributed by atoms with E-state index in [9.17, 15) is 4.79 Å². The molecule has 1 aromatic carbocycles. The van der Waals surface area contributed by atoms with Crippen LogP contribution in [0.4, 0.5) is 0 Å². The average molecular weight is 288 g/mol. The van der Waals surface area contributed by atoms with Crippen LogP contribution in [0.25, 0.3) is 0 Å². The van der Waals surface area contributed by atoms with Crippen LogP contribution in [0.2, 0.25) is 0 Å². The molecule has 2 heterocycles. The van der Waals surface area contributed by atoms with Gasteiger partial charge >= 0.3 is 0 Å². The van der Waals surface area contributed by atoms with E-state index in [1.54, 1.807) is 7.11 Å². The molecule has 114 valence electrons. The second-order valence-corrected chi connectivity index (χ2v) is 6.02. The Bertz CT molecular complexity index is 497. The topological polar surface area (TPSA) is 41.6 Å². The molecule has 4 nitrogen and oxygen atoms in total. The molecule has 21 heavy (non-hydrogen) atoms. The highest BCUT2D eigenvalue weighted by Crippen LogP contribution is 2.34. The van der Waals surface area contributed by atoms with Crippen LogP contribution in [0.5, 0.6) is 5.75 Å². The molecule has 0 bridgehead atoms. The lowest BCUT2D eigenvalue weighted by Gasteiger charge is -2.26. The van der Waals surface area contributed by atoms with E-state index in [2.05, 4.69) is 22.3 Å². The van der Waals surface area contributed by atoms with E-state index in [1.165, 1.54) is 12.0 Å². The predicted molar refractivity (Wildman–Crippen MR) is 82.3 cm³/mol. The second kappa shape index (κ2) is 6.48. The highest BCUT2D eigenvalue weighted by atomic mass is 16.5. The molecule has 0 aliphatic carbocycles.